The van der Waals surface area contributed by atoms with Gasteiger partial charge in [0.2, 0.25) is 0 Å². The maximum absolute atomic E-state index is 12.8. The van der Waals surface area contributed by atoms with Crippen molar-refractivity contribution in [1.29, 1.82) is 0 Å². The second-order valence-corrected chi connectivity index (χ2v) is 5.37. The molecule has 0 radical (unpaired) electrons. The molecule has 1 amide bonds. The third-order valence-electron chi connectivity index (χ3n) is 3.60. The number of methoxy groups -OCH3 is 2. The third kappa shape index (κ3) is 5.47. The fraction of sp³-hybridized carbons (Fsp3) is 0.263. The van der Waals surface area contributed by atoms with Gasteiger partial charge in [0.1, 0.15) is 5.82 Å². The number of nitrogens with one attached hydrogen (secondary N) is 1. The standard InChI is InChI=1S/C19H20FNO5/c1-24-16-8-5-14(11-17(16)25-2)19(23)26-12-18(22)21-10-9-13-3-6-15(20)7-4-13/h3-8,11H,9-10,12H2,1-2H3,(H,21,22). The van der Waals surface area contributed by atoms with Gasteiger partial charge >= 0.3 is 5.97 Å². The molecule has 0 saturated heterocycles. The number of amides is 1. The van der Waals surface area contributed by atoms with E-state index in [2.05, 4.69) is 5.32 Å². The van der Waals surface area contributed by atoms with Gasteiger partial charge in [0, 0.05) is 6.54 Å². The van der Waals surface area contributed by atoms with Gasteiger partial charge in [-0.1, -0.05) is 12.1 Å². The van der Waals surface area contributed by atoms with Crippen LogP contribution >= 0.6 is 0 Å². The summed E-state index contributed by atoms with van der Waals surface area (Å²) < 4.78 is 28.0. The van der Waals surface area contributed by atoms with Gasteiger partial charge in [0.15, 0.2) is 18.1 Å². The predicted octanol–water partition coefficient (Wildman–Crippen LogP) is 2.36. The van der Waals surface area contributed by atoms with Crippen LogP contribution in [0.4, 0.5) is 4.39 Å². The van der Waals surface area contributed by atoms with Crippen molar-refractivity contribution < 1.29 is 28.2 Å². The Labute approximate surface area is 150 Å². The third-order valence-corrected chi connectivity index (χ3v) is 3.60. The van der Waals surface area contributed by atoms with Gasteiger partial charge in [0.25, 0.3) is 5.91 Å². The molecule has 0 aliphatic heterocycles. The number of hydrogen-bond donors (Lipinski definition) is 1. The monoisotopic (exact) mass is 361 g/mol. The number of esters is 1. The summed E-state index contributed by atoms with van der Waals surface area (Å²) in [6.45, 7) is -0.0328. The molecule has 0 bridgehead atoms. The van der Waals surface area contributed by atoms with Crippen LogP contribution in [0, 0.1) is 5.82 Å². The Morgan fingerprint density at radius 2 is 1.69 bits per heavy atom. The van der Waals surface area contributed by atoms with E-state index < -0.39 is 18.5 Å². The fourth-order valence-corrected chi connectivity index (χ4v) is 2.23. The average Bonchev–Trinajstić information content (AvgIpc) is 2.67. The Bertz CT molecular complexity index is 761. The quantitative estimate of drug-likeness (QED) is 0.731. The molecule has 0 aromatic heterocycles. The normalized spacial score (nSPS) is 10.1. The van der Waals surface area contributed by atoms with E-state index in [4.69, 9.17) is 14.2 Å². The minimum Gasteiger partial charge on any atom is -0.493 e. The number of benzene rings is 2. The number of rotatable bonds is 8. The topological polar surface area (TPSA) is 73.9 Å². The second-order valence-electron chi connectivity index (χ2n) is 5.37. The molecule has 1 N–H and O–H groups in total. The molecule has 0 aliphatic rings. The van der Waals surface area contributed by atoms with Crippen molar-refractivity contribution in [3.8, 4) is 11.5 Å². The summed E-state index contributed by atoms with van der Waals surface area (Å²) in [5, 5.41) is 2.64. The lowest BCUT2D eigenvalue weighted by Gasteiger charge is -2.10. The summed E-state index contributed by atoms with van der Waals surface area (Å²) in [5.41, 5.74) is 1.15. The highest BCUT2D eigenvalue weighted by Crippen LogP contribution is 2.27. The molecule has 0 unspecified atom stereocenters. The lowest BCUT2D eigenvalue weighted by Crippen LogP contribution is -2.30. The second kappa shape index (κ2) is 9.41. The van der Waals surface area contributed by atoms with Gasteiger partial charge in [0.05, 0.1) is 19.8 Å². The van der Waals surface area contributed by atoms with E-state index >= 15 is 0 Å². The molecule has 2 aromatic rings. The molecule has 2 aromatic carbocycles. The summed E-state index contributed by atoms with van der Waals surface area (Å²) in [6, 6.07) is 10.6. The van der Waals surface area contributed by atoms with Gasteiger partial charge in [-0.15, -0.1) is 0 Å². The van der Waals surface area contributed by atoms with Crippen molar-refractivity contribution in [3.63, 3.8) is 0 Å². The molecule has 0 saturated carbocycles. The molecule has 0 aliphatic carbocycles. The van der Waals surface area contributed by atoms with Gasteiger partial charge in [-0.3, -0.25) is 4.79 Å². The van der Waals surface area contributed by atoms with Gasteiger partial charge < -0.3 is 19.5 Å². The van der Waals surface area contributed by atoms with Crippen LogP contribution in [0.25, 0.3) is 0 Å². The zero-order valence-corrected chi connectivity index (χ0v) is 14.6. The Morgan fingerprint density at radius 3 is 2.35 bits per heavy atom. The van der Waals surface area contributed by atoms with Crippen LogP contribution in [0.2, 0.25) is 0 Å². The summed E-state index contributed by atoms with van der Waals surface area (Å²) in [7, 11) is 2.95. The molecule has 2 rings (SSSR count). The first kappa shape index (κ1) is 19.2. The maximum atomic E-state index is 12.8. The molecular weight excluding hydrogens is 341 g/mol. The van der Waals surface area contributed by atoms with E-state index in [0.717, 1.165) is 5.56 Å². The smallest absolute Gasteiger partial charge is 0.338 e. The van der Waals surface area contributed by atoms with Crippen molar-refractivity contribution in [1.82, 2.24) is 5.32 Å². The highest BCUT2D eigenvalue weighted by atomic mass is 19.1. The van der Waals surface area contributed by atoms with E-state index in [1.54, 1.807) is 18.2 Å². The number of halogens is 1. The molecule has 6 nitrogen and oxygen atoms in total. The van der Waals surface area contributed by atoms with Gasteiger partial charge in [-0.2, -0.15) is 0 Å². The predicted molar refractivity (Wildman–Crippen MR) is 92.9 cm³/mol. The summed E-state index contributed by atoms with van der Waals surface area (Å²) >= 11 is 0. The highest BCUT2D eigenvalue weighted by Gasteiger charge is 2.13. The largest absolute Gasteiger partial charge is 0.493 e. The Balaban J connectivity index is 1.77. The molecule has 26 heavy (non-hydrogen) atoms. The molecule has 0 spiro atoms. The minimum atomic E-state index is -0.639. The van der Waals surface area contributed by atoms with E-state index in [1.165, 1.54) is 38.5 Å². The van der Waals surface area contributed by atoms with Crippen molar-refractivity contribution >= 4 is 11.9 Å². The summed E-state index contributed by atoms with van der Waals surface area (Å²) in [4.78, 5) is 23.8. The Hall–Kier alpha value is -3.09. The summed E-state index contributed by atoms with van der Waals surface area (Å²) in [6.07, 6.45) is 0.551. The SMILES string of the molecule is COc1ccc(C(=O)OCC(=O)NCCc2ccc(F)cc2)cc1OC. The molecule has 0 atom stereocenters. The zero-order chi connectivity index (χ0) is 18.9. The molecule has 0 heterocycles. The zero-order valence-electron chi connectivity index (χ0n) is 14.6. The first-order valence-corrected chi connectivity index (χ1v) is 7.93. The van der Waals surface area contributed by atoms with Crippen molar-refractivity contribution in [2.24, 2.45) is 0 Å². The number of hydrogen-bond acceptors (Lipinski definition) is 5. The van der Waals surface area contributed by atoms with E-state index in [9.17, 15) is 14.0 Å². The first-order chi connectivity index (χ1) is 12.5. The Morgan fingerprint density at radius 1 is 1.00 bits per heavy atom. The van der Waals surface area contributed by atoms with Crippen LogP contribution in [-0.2, 0) is 16.0 Å². The molecular formula is C19H20FNO5. The lowest BCUT2D eigenvalue weighted by molar-refractivity contribution is -0.124. The van der Waals surface area contributed by atoms with E-state index in [-0.39, 0.29) is 11.4 Å². The van der Waals surface area contributed by atoms with Crippen LogP contribution in [0.3, 0.4) is 0 Å². The van der Waals surface area contributed by atoms with Gasteiger partial charge in [-0.05, 0) is 42.3 Å². The number of carbonyl (C=O) groups is 2. The maximum Gasteiger partial charge on any atom is 0.338 e. The van der Waals surface area contributed by atoms with Crippen LogP contribution in [0.15, 0.2) is 42.5 Å². The molecule has 138 valence electrons. The van der Waals surface area contributed by atoms with Crippen LogP contribution in [0.1, 0.15) is 15.9 Å². The van der Waals surface area contributed by atoms with Crippen molar-refractivity contribution in [3.05, 3.63) is 59.4 Å². The average molecular weight is 361 g/mol. The van der Waals surface area contributed by atoms with Crippen molar-refractivity contribution in [2.45, 2.75) is 6.42 Å². The molecule has 7 heteroatoms. The van der Waals surface area contributed by atoms with Crippen LogP contribution < -0.4 is 14.8 Å². The lowest BCUT2D eigenvalue weighted by atomic mass is 10.1. The van der Waals surface area contributed by atoms with E-state index in [1.807, 2.05) is 0 Å². The Kier molecular flexibility index (Phi) is 6.96. The minimum absolute atomic E-state index is 0.252. The van der Waals surface area contributed by atoms with Gasteiger partial charge in [-0.25, -0.2) is 9.18 Å². The number of ether oxygens (including phenoxy) is 3. The van der Waals surface area contributed by atoms with E-state index in [0.29, 0.717) is 24.5 Å². The van der Waals surface area contributed by atoms with Crippen LogP contribution in [0.5, 0.6) is 11.5 Å². The number of carbonyl (C=O) groups excluding carboxylic acids is 2. The van der Waals surface area contributed by atoms with Crippen molar-refractivity contribution in [2.75, 3.05) is 27.4 Å². The first-order valence-electron chi connectivity index (χ1n) is 7.93. The fourth-order valence-electron chi connectivity index (χ4n) is 2.23. The van der Waals surface area contributed by atoms with Crippen LogP contribution in [-0.4, -0.2) is 39.2 Å². The summed E-state index contributed by atoms with van der Waals surface area (Å²) in [5.74, 6) is -0.478. The molecule has 0 fully saturated rings. The highest BCUT2D eigenvalue weighted by molar-refractivity contribution is 5.92.